The summed E-state index contributed by atoms with van der Waals surface area (Å²) in [6.45, 7) is 33.9. The largest absolute Gasteiger partial charge is 0.481 e. The van der Waals surface area contributed by atoms with Gasteiger partial charge in [0.05, 0.1) is 49.7 Å². The first-order chi connectivity index (χ1) is 47.5. The summed E-state index contributed by atoms with van der Waals surface area (Å²) in [5, 5.41) is 17.9. The number of carboxylic acids is 2. The van der Waals surface area contributed by atoms with Crippen molar-refractivity contribution in [2.75, 3.05) is 13.2 Å². The van der Waals surface area contributed by atoms with Crippen LogP contribution in [0, 0.1) is 224 Å². The second-order valence-electron chi connectivity index (χ2n) is 40.9. The second kappa shape index (κ2) is 38.5. The lowest BCUT2D eigenvalue weighted by Crippen LogP contribution is -2.53. The van der Waals surface area contributed by atoms with Crippen molar-refractivity contribution in [2.24, 2.45) is 224 Å². The van der Waals surface area contributed by atoms with Crippen LogP contribution in [0.5, 0.6) is 0 Å². The van der Waals surface area contributed by atoms with Gasteiger partial charge in [-0.25, -0.2) is 0 Å². The van der Waals surface area contributed by atoms with E-state index in [1.54, 1.807) is 0 Å². The van der Waals surface area contributed by atoms with Gasteiger partial charge in [-0.1, -0.05) is 186 Å². The van der Waals surface area contributed by atoms with Crippen molar-refractivity contribution in [1.82, 2.24) is 0 Å². The van der Waals surface area contributed by atoms with E-state index in [4.69, 9.17) is 29.2 Å². The molecule has 656 valence electrons. The molecule has 12 heteroatoms. The molecule has 112 heavy (non-hydrogen) atoms. The molecule has 21 rings (SSSR count). The topological polar surface area (TPSA) is 180 Å². The standard InChI is InChI=1S/C25H38O2.C19H30O2.2C12H18O2.2C10H16O2.12CH4/c1-4-25(27-24(26)20-10-17-9-19(20)14(3)13(17)2)12-18-11-21(25)23-16-7-5-15(6-8-16)22(18)23;1-4-19(10-13-5-6-15(19)7-13)21-18(20)17-9-14-8-16(17)12(3)11(14)2;2*1-7-8(2)10-3-9(7)4-12(10)5-11(13)14-6-12;2*1-5-6(2)8-3-7(5)4-9(8)10(11)12;;;;;;;;;;;;/h13-23H,4-12H2,1-3H3;11-17H,4-10H2,1-3H3;2*7-10H,3-6H2,1-2H3;2*5-9H,3-4H2,1-2H3,(H,11,12);12*1H4. The first-order valence-electron chi connectivity index (χ1n) is 42.7. The van der Waals surface area contributed by atoms with Gasteiger partial charge in [-0.3, -0.25) is 28.8 Å². The number of ether oxygens (including phenoxy) is 4. The molecule has 2 heterocycles. The highest BCUT2D eigenvalue weighted by molar-refractivity contribution is 5.76. The highest BCUT2D eigenvalue weighted by Crippen LogP contribution is 2.71. The van der Waals surface area contributed by atoms with Gasteiger partial charge in [0.2, 0.25) is 0 Å². The van der Waals surface area contributed by atoms with Gasteiger partial charge in [0, 0.05) is 16.7 Å². The molecule has 0 aromatic carbocycles. The van der Waals surface area contributed by atoms with Gasteiger partial charge in [0.25, 0.3) is 0 Å². The van der Waals surface area contributed by atoms with E-state index in [0.29, 0.717) is 97.1 Å². The quantitative estimate of drug-likeness (QED) is 0.174. The summed E-state index contributed by atoms with van der Waals surface area (Å²) in [4.78, 5) is 70.4. The molecular formula is C100H184O12. The number of carbonyl (C=O) groups is 6. The van der Waals surface area contributed by atoms with Crippen LogP contribution in [0.2, 0.25) is 0 Å². The number of rotatable bonds is 8. The molecule has 38 atom stereocenters. The zero-order valence-electron chi connectivity index (χ0n) is 64.6. The van der Waals surface area contributed by atoms with Crippen molar-refractivity contribution in [3.63, 3.8) is 0 Å². The van der Waals surface area contributed by atoms with Gasteiger partial charge in [0.1, 0.15) is 11.2 Å². The normalized spacial score (nSPS) is 49.6. The molecule has 18 bridgehead atoms. The van der Waals surface area contributed by atoms with Crippen LogP contribution in [0.4, 0.5) is 0 Å². The summed E-state index contributed by atoms with van der Waals surface area (Å²) in [6, 6.07) is 0. The zero-order valence-corrected chi connectivity index (χ0v) is 64.6. The van der Waals surface area contributed by atoms with Crippen LogP contribution < -0.4 is 0 Å². The average molecular weight is 1580 g/mol. The molecule has 0 amide bonds. The Hall–Kier alpha value is -3.18. The molecule has 2 spiro atoms. The number of carbonyl (C=O) groups excluding carboxylic acids is 4. The van der Waals surface area contributed by atoms with E-state index in [1.807, 2.05) is 0 Å². The summed E-state index contributed by atoms with van der Waals surface area (Å²) in [6.07, 6.45) is 31.2. The van der Waals surface area contributed by atoms with E-state index < -0.39 is 11.9 Å². The minimum atomic E-state index is -0.568. The maximum absolute atomic E-state index is 13.4. The summed E-state index contributed by atoms with van der Waals surface area (Å²) in [5.74, 6) is 24.0. The fourth-order valence-electron chi connectivity index (χ4n) is 31.5. The average Bonchev–Trinajstić information content (AvgIpc) is 1.53. The summed E-state index contributed by atoms with van der Waals surface area (Å²) < 4.78 is 23.3. The summed E-state index contributed by atoms with van der Waals surface area (Å²) in [5.41, 5.74) is 0.328. The van der Waals surface area contributed by atoms with Crippen LogP contribution in [-0.2, 0) is 47.7 Å². The van der Waals surface area contributed by atoms with E-state index in [1.165, 1.54) is 109 Å². The Morgan fingerprint density at radius 1 is 0.339 bits per heavy atom. The lowest BCUT2D eigenvalue weighted by Gasteiger charge is -2.55. The lowest BCUT2D eigenvalue weighted by atomic mass is 9.52. The lowest BCUT2D eigenvalue weighted by molar-refractivity contribution is -0.186. The molecule has 2 N–H and O–H groups in total. The molecule has 21 fully saturated rings. The number of esters is 4. The summed E-state index contributed by atoms with van der Waals surface area (Å²) >= 11 is 0. The third-order valence-corrected chi connectivity index (χ3v) is 38.2. The van der Waals surface area contributed by atoms with Gasteiger partial charge >= 0.3 is 35.8 Å². The van der Waals surface area contributed by atoms with Gasteiger partial charge in [-0.15, -0.1) is 0 Å². The van der Waals surface area contributed by atoms with Crippen LogP contribution >= 0.6 is 0 Å². The van der Waals surface area contributed by atoms with Gasteiger partial charge in [0.15, 0.2) is 0 Å². The van der Waals surface area contributed by atoms with Crippen molar-refractivity contribution < 1.29 is 57.9 Å². The van der Waals surface area contributed by atoms with Crippen molar-refractivity contribution in [3.05, 3.63) is 0 Å². The molecule has 19 saturated carbocycles. The maximum Gasteiger partial charge on any atom is 0.309 e. The Morgan fingerprint density at radius 3 is 0.955 bits per heavy atom. The van der Waals surface area contributed by atoms with Gasteiger partial charge in [-0.05, 0) is 338 Å². The van der Waals surface area contributed by atoms with E-state index >= 15 is 0 Å². The Kier molecular flexibility index (Phi) is 35.4. The van der Waals surface area contributed by atoms with E-state index in [-0.39, 0.29) is 159 Å². The number of hydrogen-bond donors (Lipinski definition) is 2. The SMILES string of the molecule is C.C.C.C.C.C.C.C.C.C.C.C.CC1C2CC(C(=O)O)C(C2)C1C.CC1C2CC(C(=O)O)C(C2)C1C.CC1C2CC(C1C)C1(COC(=O)C1)C2.CC1C2CC(C1C)C1(COC(=O)C1)C2.CCC1(OC(=O)C2CC3CC2C(C)C3C)CC2CC1C1C3CCC(CC3)C21.CCC1(OC(=O)C2CC3CC2C(C)C3C)CC2CCC1C2. The number of aliphatic carboxylic acids is 2. The zero-order chi connectivity index (χ0) is 70.9. The number of fused-ring (bicyclic) bond motifs is 20. The Labute approximate surface area is 691 Å². The molecule has 0 radical (unpaired) electrons. The molecule has 19 aliphatic carbocycles. The first kappa shape index (κ1) is 103. The van der Waals surface area contributed by atoms with Gasteiger partial charge < -0.3 is 29.2 Å². The smallest absolute Gasteiger partial charge is 0.309 e. The molecular weight excluding hydrogens is 1390 g/mol. The number of carboxylic acid groups (broad SMARTS) is 2. The Bertz CT molecular complexity index is 2960. The highest BCUT2D eigenvalue weighted by Gasteiger charge is 2.68. The second-order valence-corrected chi connectivity index (χ2v) is 40.9. The molecule has 0 aromatic heterocycles. The molecule has 38 unspecified atom stereocenters. The molecule has 2 aliphatic heterocycles. The van der Waals surface area contributed by atoms with Gasteiger partial charge in [-0.2, -0.15) is 0 Å². The third kappa shape index (κ3) is 16.9. The van der Waals surface area contributed by atoms with Crippen molar-refractivity contribution in [2.45, 2.75) is 364 Å². The highest BCUT2D eigenvalue weighted by atomic mass is 16.6. The first-order valence-corrected chi connectivity index (χ1v) is 42.7. The minimum absolute atomic E-state index is 0. The van der Waals surface area contributed by atoms with Crippen LogP contribution in [0.1, 0.15) is 353 Å². The molecule has 2 saturated heterocycles. The number of cyclic esters (lactones) is 2. The monoisotopic (exact) mass is 1580 g/mol. The molecule has 0 aromatic rings. The van der Waals surface area contributed by atoms with E-state index in [0.717, 1.165) is 163 Å². The van der Waals surface area contributed by atoms with E-state index in [2.05, 4.69) is 96.9 Å². The predicted octanol–water partition coefficient (Wildman–Crippen LogP) is 26.2. The van der Waals surface area contributed by atoms with Crippen molar-refractivity contribution >= 4 is 35.8 Å². The molecule has 21 aliphatic rings. The fraction of sp³-hybridized carbons (Fsp3) is 0.940. The van der Waals surface area contributed by atoms with Crippen molar-refractivity contribution in [3.8, 4) is 0 Å². The van der Waals surface area contributed by atoms with Crippen LogP contribution in [0.15, 0.2) is 0 Å². The Balaban J connectivity index is 0.000000350. The molecule has 12 nitrogen and oxygen atoms in total. The fourth-order valence-corrected chi connectivity index (χ4v) is 31.5. The van der Waals surface area contributed by atoms with Crippen LogP contribution in [-0.4, -0.2) is 70.4 Å². The Morgan fingerprint density at radius 2 is 0.670 bits per heavy atom. The predicted molar refractivity (Wildman–Crippen MR) is 466 cm³/mol. The maximum atomic E-state index is 13.4. The van der Waals surface area contributed by atoms with Crippen molar-refractivity contribution in [1.29, 1.82) is 0 Å². The minimum Gasteiger partial charge on any atom is -0.481 e. The van der Waals surface area contributed by atoms with Crippen LogP contribution in [0.3, 0.4) is 0 Å². The number of hydrogen-bond acceptors (Lipinski definition) is 10. The third-order valence-electron chi connectivity index (χ3n) is 38.2. The van der Waals surface area contributed by atoms with Crippen LogP contribution in [0.25, 0.3) is 0 Å². The summed E-state index contributed by atoms with van der Waals surface area (Å²) in [7, 11) is 0. The van der Waals surface area contributed by atoms with E-state index in [9.17, 15) is 28.8 Å².